The van der Waals surface area contributed by atoms with Crippen LogP contribution in [0.5, 0.6) is 5.75 Å². The van der Waals surface area contributed by atoms with Gasteiger partial charge in [0, 0.05) is 0 Å². The lowest BCUT2D eigenvalue weighted by Gasteiger charge is -2.16. The van der Waals surface area contributed by atoms with Gasteiger partial charge in [0.05, 0.1) is 11.8 Å². The lowest BCUT2D eigenvalue weighted by Crippen LogP contribution is -2.18. The molecule has 0 saturated carbocycles. The first kappa shape index (κ1) is 14.4. The summed E-state index contributed by atoms with van der Waals surface area (Å²) in [6, 6.07) is 3.74. The fraction of sp³-hybridized carbons (Fsp3) is 0.500. The van der Waals surface area contributed by atoms with Gasteiger partial charge in [0.2, 0.25) is 0 Å². The molecule has 0 aliphatic carbocycles. The van der Waals surface area contributed by atoms with Crippen LogP contribution in [0.2, 0.25) is 0 Å². The molecule has 0 unspecified atom stereocenters. The normalized spacial score (nSPS) is 10.8. The Morgan fingerprint density at radius 1 is 1.28 bits per heavy atom. The zero-order valence-corrected chi connectivity index (χ0v) is 11.6. The van der Waals surface area contributed by atoms with Crippen LogP contribution in [0.15, 0.2) is 12.1 Å². The molecule has 1 rings (SSSR count). The SMILES string of the molecule is Cc1ccc(C(C)C)c(O)c1NC(=O)OC(C)C. The van der Waals surface area contributed by atoms with Crippen molar-refractivity contribution < 1.29 is 14.6 Å². The van der Waals surface area contributed by atoms with Crippen LogP contribution in [0.25, 0.3) is 0 Å². The van der Waals surface area contributed by atoms with Crippen LogP contribution in [0.4, 0.5) is 10.5 Å². The number of phenols is 1. The van der Waals surface area contributed by atoms with E-state index >= 15 is 0 Å². The molecule has 0 aromatic heterocycles. The molecule has 18 heavy (non-hydrogen) atoms. The van der Waals surface area contributed by atoms with Gasteiger partial charge >= 0.3 is 6.09 Å². The molecule has 1 aromatic rings. The topological polar surface area (TPSA) is 58.6 Å². The summed E-state index contributed by atoms with van der Waals surface area (Å²) in [7, 11) is 0. The summed E-state index contributed by atoms with van der Waals surface area (Å²) in [6.45, 7) is 9.35. The van der Waals surface area contributed by atoms with Crippen LogP contribution in [-0.2, 0) is 4.74 Å². The summed E-state index contributed by atoms with van der Waals surface area (Å²) in [4.78, 5) is 11.6. The molecule has 0 spiro atoms. The summed E-state index contributed by atoms with van der Waals surface area (Å²) < 4.78 is 5.00. The Balaban J connectivity index is 3.01. The molecule has 1 aromatic carbocycles. The quantitative estimate of drug-likeness (QED) is 0.804. The van der Waals surface area contributed by atoms with Crippen LogP contribution in [0.3, 0.4) is 0 Å². The van der Waals surface area contributed by atoms with Crippen LogP contribution >= 0.6 is 0 Å². The van der Waals surface area contributed by atoms with Gasteiger partial charge in [-0.15, -0.1) is 0 Å². The second kappa shape index (κ2) is 5.76. The molecule has 0 aliphatic heterocycles. The number of carbonyl (C=O) groups is 1. The van der Waals surface area contributed by atoms with Crippen molar-refractivity contribution in [1.82, 2.24) is 0 Å². The molecular formula is C14H21NO3. The van der Waals surface area contributed by atoms with Gasteiger partial charge in [0.1, 0.15) is 5.75 Å². The highest BCUT2D eigenvalue weighted by Gasteiger charge is 2.15. The summed E-state index contributed by atoms with van der Waals surface area (Å²) in [5, 5.41) is 12.7. The Bertz CT molecular complexity index is 439. The third-order valence-corrected chi connectivity index (χ3v) is 2.61. The summed E-state index contributed by atoms with van der Waals surface area (Å²) in [5.74, 6) is 0.304. The molecule has 100 valence electrons. The maximum atomic E-state index is 11.6. The first-order valence-electron chi connectivity index (χ1n) is 6.13. The second-order valence-corrected chi connectivity index (χ2v) is 4.93. The lowest BCUT2D eigenvalue weighted by molar-refractivity contribution is 0.130. The zero-order valence-electron chi connectivity index (χ0n) is 11.6. The van der Waals surface area contributed by atoms with E-state index in [9.17, 15) is 9.90 Å². The van der Waals surface area contributed by atoms with Crippen molar-refractivity contribution in [3.05, 3.63) is 23.3 Å². The molecule has 0 atom stereocenters. The summed E-state index contributed by atoms with van der Waals surface area (Å²) in [5.41, 5.74) is 2.03. The highest BCUT2D eigenvalue weighted by molar-refractivity contribution is 5.88. The largest absolute Gasteiger partial charge is 0.505 e. The number of aryl methyl sites for hydroxylation is 1. The molecule has 0 saturated heterocycles. The molecule has 0 heterocycles. The number of carbonyl (C=O) groups excluding carboxylic acids is 1. The van der Waals surface area contributed by atoms with Gasteiger partial charge in [-0.3, -0.25) is 5.32 Å². The number of phenolic OH excluding ortho intramolecular Hbond substituents is 1. The summed E-state index contributed by atoms with van der Waals surface area (Å²) in [6.07, 6.45) is -0.745. The molecule has 0 radical (unpaired) electrons. The van der Waals surface area contributed by atoms with E-state index in [0.29, 0.717) is 5.69 Å². The number of aromatic hydroxyl groups is 1. The Labute approximate surface area is 108 Å². The molecule has 2 N–H and O–H groups in total. The highest BCUT2D eigenvalue weighted by Crippen LogP contribution is 2.35. The average Bonchev–Trinajstić information content (AvgIpc) is 2.22. The first-order chi connectivity index (χ1) is 8.32. The Morgan fingerprint density at radius 2 is 1.89 bits per heavy atom. The van der Waals surface area contributed by atoms with Crippen molar-refractivity contribution in [2.45, 2.75) is 46.6 Å². The fourth-order valence-corrected chi connectivity index (χ4v) is 1.68. The third kappa shape index (κ3) is 3.39. The van der Waals surface area contributed by atoms with E-state index in [1.54, 1.807) is 13.8 Å². The number of hydrogen-bond acceptors (Lipinski definition) is 3. The number of amides is 1. The van der Waals surface area contributed by atoms with Gasteiger partial charge in [-0.05, 0) is 37.8 Å². The van der Waals surface area contributed by atoms with E-state index < -0.39 is 6.09 Å². The molecule has 1 amide bonds. The number of anilines is 1. The highest BCUT2D eigenvalue weighted by atomic mass is 16.6. The van der Waals surface area contributed by atoms with Crippen LogP contribution in [-0.4, -0.2) is 17.3 Å². The van der Waals surface area contributed by atoms with E-state index in [2.05, 4.69) is 5.32 Å². The number of ether oxygens (including phenoxy) is 1. The Hall–Kier alpha value is -1.71. The zero-order chi connectivity index (χ0) is 13.9. The number of hydrogen-bond donors (Lipinski definition) is 2. The van der Waals surface area contributed by atoms with Crippen LogP contribution < -0.4 is 5.32 Å². The van der Waals surface area contributed by atoms with E-state index in [-0.39, 0.29) is 17.8 Å². The van der Waals surface area contributed by atoms with Gasteiger partial charge in [0.15, 0.2) is 0 Å². The number of rotatable bonds is 3. The maximum absolute atomic E-state index is 11.6. The minimum Gasteiger partial charge on any atom is -0.505 e. The smallest absolute Gasteiger partial charge is 0.411 e. The number of benzene rings is 1. The first-order valence-corrected chi connectivity index (χ1v) is 6.13. The Morgan fingerprint density at radius 3 is 2.39 bits per heavy atom. The van der Waals surface area contributed by atoms with Gasteiger partial charge in [-0.2, -0.15) is 0 Å². The molecule has 0 bridgehead atoms. The molecular weight excluding hydrogens is 230 g/mol. The lowest BCUT2D eigenvalue weighted by atomic mass is 9.99. The molecule has 0 fully saturated rings. The van der Waals surface area contributed by atoms with Crippen LogP contribution in [0.1, 0.15) is 44.7 Å². The molecule has 4 heteroatoms. The van der Waals surface area contributed by atoms with E-state index in [0.717, 1.165) is 11.1 Å². The second-order valence-electron chi connectivity index (χ2n) is 4.93. The summed E-state index contributed by atoms with van der Waals surface area (Å²) >= 11 is 0. The van der Waals surface area contributed by atoms with E-state index in [4.69, 9.17) is 4.74 Å². The maximum Gasteiger partial charge on any atom is 0.411 e. The third-order valence-electron chi connectivity index (χ3n) is 2.61. The van der Waals surface area contributed by atoms with Crippen molar-refractivity contribution in [2.24, 2.45) is 0 Å². The van der Waals surface area contributed by atoms with E-state index in [1.165, 1.54) is 0 Å². The standard InChI is InChI=1S/C14H21NO3/c1-8(2)11-7-6-10(5)12(13(11)16)15-14(17)18-9(3)4/h6-9,16H,1-5H3,(H,15,17). The minimum atomic E-state index is -0.552. The van der Waals surface area contributed by atoms with Crippen molar-refractivity contribution in [1.29, 1.82) is 0 Å². The van der Waals surface area contributed by atoms with E-state index in [1.807, 2.05) is 32.9 Å². The van der Waals surface area contributed by atoms with Gasteiger partial charge in [-0.1, -0.05) is 26.0 Å². The molecule has 4 nitrogen and oxygen atoms in total. The predicted octanol–water partition coefficient (Wildman–Crippen LogP) is 3.78. The van der Waals surface area contributed by atoms with Gasteiger partial charge in [-0.25, -0.2) is 4.79 Å². The van der Waals surface area contributed by atoms with Gasteiger partial charge < -0.3 is 9.84 Å². The van der Waals surface area contributed by atoms with Crippen molar-refractivity contribution in [3.63, 3.8) is 0 Å². The Kier molecular flexibility index (Phi) is 4.59. The fourth-order valence-electron chi connectivity index (χ4n) is 1.68. The van der Waals surface area contributed by atoms with Crippen molar-refractivity contribution in [2.75, 3.05) is 5.32 Å². The average molecular weight is 251 g/mol. The van der Waals surface area contributed by atoms with Crippen LogP contribution in [0, 0.1) is 6.92 Å². The predicted molar refractivity (Wildman–Crippen MR) is 72.2 cm³/mol. The van der Waals surface area contributed by atoms with Crippen molar-refractivity contribution >= 4 is 11.8 Å². The molecule has 0 aliphatic rings. The monoisotopic (exact) mass is 251 g/mol. The minimum absolute atomic E-state index is 0.116. The number of nitrogens with one attached hydrogen (secondary N) is 1. The van der Waals surface area contributed by atoms with Crippen molar-refractivity contribution in [3.8, 4) is 5.75 Å². The van der Waals surface area contributed by atoms with Gasteiger partial charge in [0.25, 0.3) is 0 Å².